The summed E-state index contributed by atoms with van der Waals surface area (Å²) in [6.07, 6.45) is 7.09. The van der Waals surface area contributed by atoms with Gasteiger partial charge in [0.05, 0.1) is 19.2 Å². The fourth-order valence-corrected chi connectivity index (χ4v) is 4.98. The zero-order chi connectivity index (χ0) is 27.9. The average molecular weight is 544 g/mol. The number of nitrogens with zero attached hydrogens (tertiary/aromatic N) is 6. The minimum absolute atomic E-state index is 0.0559. The first-order valence-electron chi connectivity index (χ1n) is 13.2. The van der Waals surface area contributed by atoms with Crippen LogP contribution in [0.1, 0.15) is 42.9 Å². The summed E-state index contributed by atoms with van der Waals surface area (Å²) in [6.45, 7) is -0.225. The molecule has 0 radical (unpaired) electrons. The Kier molecular flexibility index (Phi) is 8.38. The molecule has 206 valence electrons. The van der Waals surface area contributed by atoms with Gasteiger partial charge in [0.15, 0.2) is 0 Å². The lowest BCUT2D eigenvalue weighted by atomic mass is 10.0. The number of carbonyl (C=O) groups is 2. The molecule has 0 aliphatic heterocycles. The summed E-state index contributed by atoms with van der Waals surface area (Å²) in [4.78, 5) is 34.5. The minimum Gasteiger partial charge on any atom is -0.496 e. The van der Waals surface area contributed by atoms with Crippen molar-refractivity contribution in [3.05, 3.63) is 90.0 Å². The lowest BCUT2D eigenvalue weighted by Gasteiger charge is -2.32. The number of ether oxygens (including phenoxy) is 1. The van der Waals surface area contributed by atoms with Crippen LogP contribution in [0.25, 0.3) is 11.4 Å². The van der Waals surface area contributed by atoms with E-state index >= 15 is 0 Å². The largest absolute Gasteiger partial charge is 0.496 e. The predicted octanol–water partition coefficient (Wildman–Crippen LogP) is 3.71. The van der Waals surface area contributed by atoms with Gasteiger partial charge in [0, 0.05) is 24.0 Å². The van der Waals surface area contributed by atoms with E-state index in [1.165, 1.54) is 11.0 Å². The fraction of sp³-hybridized carbons (Fsp3) is 0.310. The summed E-state index contributed by atoms with van der Waals surface area (Å²) >= 11 is 0. The number of pyridine rings is 1. The van der Waals surface area contributed by atoms with E-state index in [9.17, 15) is 14.0 Å². The number of nitrogens with one attached hydrogen (secondary N) is 1. The zero-order valence-electron chi connectivity index (χ0n) is 22.1. The summed E-state index contributed by atoms with van der Waals surface area (Å²) in [5, 5.41) is 15.3. The number of methoxy groups -OCH3 is 1. The molecule has 2 amide bonds. The molecule has 2 heterocycles. The average Bonchev–Trinajstić information content (AvgIpc) is 3.66. The van der Waals surface area contributed by atoms with Crippen LogP contribution < -0.4 is 10.1 Å². The molecular formula is C29H30FN7O3. The van der Waals surface area contributed by atoms with Crippen LogP contribution in [-0.2, 0) is 22.7 Å². The number of tetrazole rings is 1. The second-order valence-corrected chi connectivity index (χ2v) is 9.63. The first kappa shape index (κ1) is 26.9. The number of hydrogen-bond donors (Lipinski definition) is 1. The molecule has 10 nitrogen and oxygen atoms in total. The summed E-state index contributed by atoms with van der Waals surface area (Å²) in [5.41, 5.74) is 1.52. The van der Waals surface area contributed by atoms with E-state index in [2.05, 4.69) is 25.7 Å². The van der Waals surface area contributed by atoms with Crippen molar-refractivity contribution in [1.29, 1.82) is 0 Å². The first-order valence-corrected chi connectivity index (χ1v) is 13.2. The topological polar surface area (TPSA) is 115 Å². The van der Waals surface area contributed by atoms with Crippen LogP contribution in [0.3, 0.4) is 0 Å². The van der Waals surface area contributed by atoms with Crippen molar-refractivity contribution in [3.63, 3.8) is 0 Å². The number of hydrogen-bond acceptors (Lipinski definition) is 7. The van der Waals surface area contributed by atoms with Crippen LogP contribution in [0.5, 0.6) is 5.75 Å². The van der Waals surface area contributed by atoms with Gasteiger partial charge in [-0.3, -0.25) is 14.6 Å². The van der Waals surface area contributed by atoms with Gasteiger partial charge in [-0.05, 0) is 54.0 Å². The highest BCUT2D eigenvalue weighted by Gasteiger charge is 2.34. The number of benzene rings is 2. The molecule has 1 unspecified atom stereocenters. The van der Waals surface area contributed by atoms with E-state index in [4.69, 9.17) is 4.74 Å². The van der Waals surface area contributed by atoms with Crippen LogP contribution in [0, 0.1) is 5.82 Å². The molecule has 0 saturated heterocycles. The summed E-state index contributed by atoms with van der Waals surface area (Å²) in [6, 6.07) is 16.0. The molecule has 2 aromatic carbocycles. The molecule has 1 aliphatic rings. The standard InChI is InChI=1S/C29H30FN7O3/c1-40-25-13-7-2-8-21(25)18-36(26(38)19-37-34-28(33-35-37)23-11-5-6-12-24(23)30)27(20-14-16-31-17-15-20)29(39)32-22-9-3-4-10-22/h2,5-8,11-17,22,27H,3-4,9-10,18-19H2,1H3,(H,32,39). The van der Waals surface area contributed by atoms with Crippen molar-refractivity contribution in [3.8, 4) is 17.1 Å². The van der Waals surface area contributed by atoms with Crippen molar-refractivity contribution in [2.75, 3.05) is 7.11 Å². The number of para-hydroxylation sites is 1. The number of amides is 2. The third-order valence-electron chi connectivity index (χ3n) is 6.98. The van der Waals surface area contributed by atoms with Gasteiger partial charge in [0.1, 0.15) is 24.2 Å². The lowest BCUT2D eigenvalue weighted by molar-refractivity contribution is -0.142. The van der Waals surface area contributed by atoms with Crippen LogP contribution in [-0.4, -0.2) is 55.1 Å². The van der Waals surface area contributed by atoms with E-state index in [0.29, 0.717) is 11.3 Å². The van der Waals surface area contributed by atoms with Crippen LogP contribution in [0.4, 0.5) is 4.39 Å². The second kappa shape index (κ2) is 12.5. The molecule has 11 heteroatoms. The van der Waals surface area contributed by atoms with Gasteiger partial charge >= 0.3 is 0 Å². The molecule has 0 spiro atoms. The second-order valence-electron chi connectivity index (χ2n) is 9.63. The van der Waals surface area contributed by atoms with Gasteiger partial charge in [-0.25, -0.2) is 4.39 Å². The summed E-state index contributed by atoms with van der Waals surface area (Å²) in [5.74, 6) is -0.545. The Morgan fingerprint density at radius 3 is 2.55 bits per heavy atom. The van der Waals surface area contributed by atoms with Gasteiger partial charge in [-0.1, -0.05) is 43.2 Å². The molecule has 1 atom stereocenters. The maximum absolute atomic E-state index is 14.3. The van der Waals surface area contributed by atoms with Crippen molar-refractivity contribution < 1.29 is 18.7 Å². The predicted molar refractivity (Wildman–Crippen MR) is 144 cm³/mol. The first-order chi connectivity index (χ1) is 19.5. The monoisotopic (exact) mass is 543 g/mol. The van der Waals surface area contributed by atoms with Gasteiger partial charge in [0.2, 0.25) is 17.6 Å². The Bertz CT molecular complexity index is 1460. The number of carbonyl (C=O) groups excluding carboxylic acids is 2. The van der Waals surface area contributed by atoms with Crippen LogP contribution in [0.2, 0.25) is 0 Å². The Balaban J connectivity index is 1.49. The molecule has 5 rings (SSSR count). The van der Waals surface area contributed by atoms with Crippen molar-refractivity contribution in [2.45, 2.75) is 50.9 Å². The van der Waals surface area contributed by atoms with E-state index in [1.54, 1.807) is 55.9 Å². The van der Waals surface area contributed by atoms with Gasteiger partial charge in [-0.15, -0.1) is 10.2 Å². The van der Waals surface area contributed by atoms with Crippen molar-refractivity contribution in [2.24, 2.45) is 0 Å². The third kappa shape index (κ3) is 6.14. The Hall–Kier alpha value is -4.67. The molecular weight excluding hydrogens is 513 g/mol. The van der Waals surface area contributed by atoms with Crippen molar-refractivity contribution >= 4 is 11.8 Å². The molecule has 1 saturated carbocycles. The Morgan fingerprint density at radius 1 is 1.07 bits per heavy atom. The summed E-state index contributed by atoms with van der Waals surface area (Å²) in [7, 11) is 1.56. The smallest absolute Gasteiger partial charge is 0.247 e. The van der Waals surface area contributed by atoms with E-state index < -0.39 is 17.8 Å². The molecule has 40 heavy (non-hydrogen) atoms. The minimum atomic E-state index is -0.949. The van der Waals surface area contributed by atoms with E-state index in [1.807, 2.05) is 18.2 Å². The van der Waals surface area contributed by atoms with Gasteiger partial charge < -0.3 is 15.0 Å². The molecule has 1 fully saturated rings. The SMILES string of the molecule is COc1ccccc1CN(C(=O)Cn1nnc(-c2ccccc2F)n1)C(C(=O)NC1CCCC1)c1ccncc1. The Morgan fingerprint density at radius 2 is 1.80 bits per heavy atom. The normalized spacial score (nSPS) is 14.1. The van der Waals surface area contributed by atoms with E-state index in [0.717, 1.165) is 36.0 Å². The van der Waals surface area contributed by atoms with Crippen LogP contribution in [0.15, 0.2) is 73.1 Å². The number of aromatic nitrogens is 5. The molecule has 0 bridgehead atoms. The number of halogens is 1. The van der Waals surface area contributed by atoms with Crippen molar-refractivity contribution in [1.82, 2.24) is 35.4 Å². The Labute approximate surface area is 231 Å². The highest BCUT2D eigenvalue weighted by Crippen LogP contribution is 2.28. The quantitative estimate of drug-likeness (QED) is 0.324. The van der Waals surface area contributed by atoms with Gasteiger partial charge in [0.25, 0.3) is 0 Å². The fourth-order valence-electron chi connectivity index (χ4n) is 4.98. The highest BCUT2D eigenvalue weighted by molar-refractivity contribution is 5.89. The molecule has 1 aliphatic carbocycles. The van der Waals surface area contributed by atoms with E-state index in [-0.39, 0.29) is 36.4 Å². The molecule has 4 aromatic rings. The molecule has 2 aromatic heterocycles. The van der Waals surface area contributed by atoms with Gasteiger partial charge in [-0.2, -0.15) is 4.80 Å². The lowest BCUT2D eigenvalue weighted by Crippen LogP contribution is -2.46. The third-order valence-corrected chi connectivity index (χ3v) is 6.98. The van der Waals surface area contributed by atoms with Crippen LogP contribution >= 0.6 is 0 Å². The number of rotatable bonds is 10. The maximum Gasteiger partial charge on any atom is 0.247 e. The zero-order valence-corrected chi connectivity index (χ0v) is 22.1. The highest BCUT2D eigenvalue weighted by atomic mass is 19.1. The summed E-state index contributed by atoms with van der Waals surface area (Å²) < 4.78 is 19.8. The molecule has 1 N–H and O–H groups in total. The maximum atomic E-state index is 14.3.